The highest BCUT2D eigenvalue weighted by Gasteiger charge is 2.37. The third kappa shape index (κ3) is 9.90. The third-order valence-corrected chi connectivity index (χ3v) is 5.66. The summed E-state index contributed by atoms with van der Waals surface area (Å²) in [7, 11) is 0. The molecule has 0 aliphatic carbocycles. The summed E-state index contributed by atoms with van der Waals surface area (Å²) in [6.07, 6.45) is 1.40. The Hall–Kier alpha value is -2.57. The van der Waals surface area contributed by atoms with E-state index in [2.05, 4.69) is 10.6 Å². The largest absolute Gasteiger partial charge is 0.444 e. The van der Waals surface area contributed by atoms with Crippen LogP contribution in [0.25, 0.3) is 0 Å². The van der Waals surface area contributed by atoms with Crippen molar-refractivity contribution < 1.29 is 19.1 Å². The highest BCUT2D eigenvalue weighted by Crippen LogP contribution is 2.28. The molecule has 1 rings (SSSR count). The zero-order valence-electron chi connectivity index (χ0n) is 23.5. The Morgan fingerprint density at radius 1 is 1.03 bits per heavy atom. The molecule has 0 aliphatic heterocycles. The Labute approximate surface area is 212 Å². The minimum Gasteiger partial charge on any atom is -0.444 e. The molecule has 198 valence electrons. The lowest BCUT2D eigenvalue weighted by Gasteiger charge is -2.36. The Morgan fingerprint density at radius 3 is 2.17 bits per heavy atom. The lowest BCUT2D eigenvalue weighted by molar-refractivity contribution is -0.143. The predicted octanol–water partition coefficient (Wildman–Crippen LogP) is 5.44. The summed E-state index contributed by atoms with van der Waals surface area (Å²) >= 11 is 0. The number of hydrogen-bond acceptors (Lipinski definition) is 4. The third-order valence-electron chi connectivity index (χ3n) is 5.66. The summed E-state index contributed by atoms with van der Waals surface area (Å²) in [5.41, 5.74) is 2.15. The van der Waals surface area contributed by atoms with Gasteiger partial charge in [-0.25, -0.2) is 4.79 Å². The molecule has 1 aromatic carbocycles. The van der Waals surface area contributed by atoms with E-state index in [4.69, 9.17) is 4.74 Å². The number of nitrogens with one attached hydrogen (secondary N) is 2. The lowest BCUT2D eigenvalue weighted by atomic mass is 9.94. The quantitative estimate of drug-likeness (QED) is 0.433. The maximum atomic E-state index is 14.1. The van der Waals surface area contributed by atoms with Gasteiger partial charge in [0, 0.05) is 12.6 Å². The molecule has 2 N–H and O–H groups in total. The number of alkyl carbamates (subject to hydrolysis) is 1. The number of nitrogens with zero attached hydrogens (tertiary/aromatic N) is 1. The van der Waals surface area contributed by atoms with E-state index in [1.54, 1.807) is 25.7 Å². The van der Waals surface area contributed by atoms with Gasteiger partial charge < -0.3 is 20.3 Å². The maximum absolute atomic E-state index is 14.1. The van der Waals surface area contributed by atoms with Crippen LogP contribution in [0.4, 0.5) is 4.79 Å². The van der Waals surface area contributed by atoms with Gasteiger partial charge in [0.1, 0.15) is 17.7 Å². The van der Waals surface area contributed by atoms with Crippen molar-refractivity contribution in [3.05, 3.63) is 34.9 Å². The van der Waals surface area contributed by atoms with E-state index in [1.165, 1.54) is 0 Å². The van der Waals surface area contributed by atoms with Gasteiger partial charge in [-0.1, -0.05) is 45.4 Å². The monoisotopic (exact) mass is 489 g/mol. The number of ether oxygens (including phenoxy) is 1. The van der Waals surface area contributed by atoms with Crippen LogP contribution in [-0.4, -0.2) is 47.0 Å². The fraction of sp³-hybridized carbons (Fsp3) is 0.679. The van der Waals surface area contributed by atoms with Crippen LogP contribution in [0.3, 0.4) is 0 Å². The molecule has 7 heteroatoms. The second-order valence-corrected chi connectivity index (χ2v) is 11.1. The summed E-state index contributed by atoms with van der Waals surface area (Å²) in [6.45, 7) is 19.6. The van der Waals surface area contributed by atoms with Gasteiger partial charge in [-0.2, -0.15) is 0 Å². The van der Waals surface area contributed by atoms with Gasteiger partial charge in [0.05, 0.1) is 0 Å². The molecular weight excluding hydrogens is 442 g/mol. The van der Waals surface area contributed by atoms with Crippen molar-refractivity contribution in [1.29, 1.82) is 0 Å². The summed E-state index contributed by atoms with van der Waals surface area (Å²) in [5.74, 6) is -0.350. The molecule has 0 spiro atoms. The number of benzene rings is 1. The van der Waals surface area contributed by atoms with Crippen LogP contribution in [0, 0.1) is 19.8 Å². The fourth-order valence-electron chi connectivity index (χ4n) is 3.92. The highest BCUT2D eigenvalue weighted by atomic mass is 16.6. The van der Waals surface area contributed by atoms with Crippen LogP contribution >= 0.6 is 0 Å². The first kappa shape index (κ1) is 30.5. The van der Waals surface area contributed by atoms with Crippen LogP contribution in [0.5, 0.6) is 0 Å². The molecule has 2 unspecified atom stereocenters. The topological polar surface area (TPSA) is 87.7 Å². The van der Waals surface area contributed by atoms with E-state index < -0.39 is 23.8 Å². The molecule has 0 radical (unpaired) electrons. The molecular formula is C28H47N3O4. The molecule has 7 nitrogen and oxygen atoms in total. The van der Waals surface area contributed by atoms with Gasteiger partial charge in [0.2, 0.25) is 11.8 Å². The molecule has 3 amide bonds. The molecule has 2 atom stereocenters. The van der Waals surface area contributed by atoms with E-state index in [-0.39, 0.29) is 23.8 Å². The predicted molar refractivity (Wildman–Crippen MR) is 141 cm³/mol. The van der Waals surface area contributed by atoms with Crippen molar-refractivity contribution in [2.45, 2.75) is 112 Å². The molecule has 0 aliphatic rings. The standard InChI is InChI=1S/C28H47N3O4/c1-11-12-16-31(26(33)23(17-18(2)3)30-27(34)35-28(8,9)10)24(25(32)29-19(4)5)22-15-13-14-20(6)21(22)7/h13-15,18-19,23-24H,11-12,16-17H2,1-10H3,(H,29,32)(H,30,34). The van der Waals surface area contributed by atoms with Gasteiger partial charge in [-0.15, -0.1) is 0 Å². The molecule has 0 heterocycles. The first-order valence-corrected chi connectivity index (χ1v) is 12.8. The van der Waals surface area contributed by atoms with E-state index in [0.29, 0.717) is 13.0 Å². The van der Waals surface area contributed by atoms with Crippen LogP contribution in [-0.2, 0) is 14.3 Å². The van der Waals surface area contributed by atoms with Gasteiger partial charge >= 0.3 is 6.09 Å². The normalized spacial score (nSPS) is 13.4. The average Bonchev–Trinajstić information content (AvgIpc) is 2.70. The number of carbonyl (C=O) groups excluding carboxylic acids is 3. The Bertz CT molecular complexity index is 858. The SMILES string of the molecule is CCCCN(C(=O)C(CC(C)C)NC(=O)OC(C)(C)C)C(C(=O)NC(C)C)c1cccc(C)c1C. The minimum absolute atomic E-state index is 0.0791. The summed E-state index contributed by atoms with van der Waals surface area (Å²) in [5, 5.41) is 5.80. The zero-order chi connectivity index (χ0) is 26.9. The highest BCUT2D eigenvalue weighted by molar-refractivity contribution is 5.92. The van der Waals surface area contributed by atoms with Crippen LogP contribution in [0.2, 0.25) is 0 Å². The van der Waals surface area contributed by atoms with Crippen molar-refractivity contribution in [1.82, 2.24) is 15.5 Å². The second-order valence-electron chi connectivity index (χ2n) is 11.1. The number of carbonyl (C=O) groups is 3. The van der Waals surface area contributed by atoms with Crippen LogP contribution in [0.15, 0.2) is 18.2 Å². The van der Waals surface area contributed by atoms with E-state index in [1.807, 2.05) is 66.7 Å². The van der Waals surface area contributed by atoms with Gasteiger partial charge in [-0.3, -0.25) is 9.59 Å². The molecule has 1 aromatic rings. The molecule has 0 bridgehead atoms. The van der Waals surface area contributed by atoms with Crippen LogP contribution < -0.4 is 10.6 Å². The average molecular weight is 490 g/mol. The molecule has 0 saturated heterocycles. The van der Waals surface area contributed by atoms with E-state index in [9.17, 15) is 14.4 Å². The van der Waals surface area contributed by atoms with Crippen molar-refractivity contribution in [2.24, 2.45) is 5.92 Å². The van der Waals surface area contributed by atoms with E-state index in [0.717, 1.165) is 29.5 Å². The Kier molecular flexibility index (Phi) is 11.7. The van der Waals surface area contributed by atoms with Crippen molar-refractivity contribution in [3.63, 3.8) is 0 Å². The number of unbranched alkanes of at least 4 members (excludes halogenated alkanes) is 1. The first-order chi connectivity index (χ1) is 16.2. The number of rotatable bonds is 11. The van der Waals surface area contributed by atoms with Crippen LogP contribution in [0.1, 0.15) is 97.4 Å². The van der Waals surface area contributed by atoms with Crippen molar-refractivity contribution in [3.8, 4) is 0 Å². The maximum Gasteiger partial charge on any atom is 0.408 e. The molecule has 35 heavy (non-hydrogen) atoms. The van der Waals surface area contributed by atoms with E-state index >= 15 is 0 Å². The summed E-state index contributed by atoms with van der Waals surface area (Å²) in [6, 6.07) is 4.15. The molecule has 0 saturated carbocycles. The Balaban J connectivity index is 3.54. The number of aryl methyl sites for hydroxylation is 1. The lowest BCUT2D eigenvalue weighted by Crippen LogP contribution is -2.54. The van der Waals surface area contributed by atoms with Crippen molar-refractivity contribution in [2.75, 3.05) is 6.54 Å². The van der Waals surface area contributed by atoms with Gasteiger partial charge in [-0.05, 0) is 83.9 Å². The van der Waals surface area contributed by atoms with Gasteiger partial charge in [0.15, 0.2) is 0 Å². The number of hydrogen-bond donors (Lipinski definition) is 2. The first-order valence-electron chi connectivity index (χ1n) is 12.8. The van der Waals surface area contributed by atoms with Gasteiger partial charge in [0.25, 0.3) is 0 Å². The molecule has 0 aromatic heterocycles. The summed E-state index contributed by atoms with van der Waals surface area (Å²) in [4.78, 5) is 41.9. The van der Waals surface area contributed by atoms with Crippen molar-refractivity contribution >= 4 is 17.9 Å². The summed E-state index contributed by atoms with van der Waals surface area (Å²) < 4.78 is 5.44. The Morgan fingerprint density at radius 2 is 1.66 bits per heavy atom. The second kappa shape index (κ2) is 13.5. The minimum atomic E-state index is -0.804. The number of amides is 3. The smallest absolute Gasteiger partial charge is 0.408 e. The fourth-order valence-corrected chi connectivity index (χ4v) is 3.92. The zero-order valence-corrected chi connectivity index (χ0v) is 23.5. The molecule has 0 fully saturated rings.